The Morgan fingerprint density at radius 3 is 2.70 bits per heavy atom. The predicted octanol–water partition coefficient (Wildman–Crippen LogP) is 5.98. The second-order valence-corrected chi connectivity index (χ2v) is 16.1. The van der Waals surface area contributed by atoms with Crippen LogP contribution in [0.25, 0.3) is 0 Å². The van der Waals surface area contributed by atoms with Crippen molar-refractivity contribution < 1.29 is 23.1 Å². The van der Waals surface area contributed by atoms with Crippen LogP contribution in [0.1, 0.15) is 80.3 Å². The van der Waals surface area contributed by atoms with E-state index < -0.39 is 26.8 Å². The Labute approximate surface area is 277 Å². The number of imidazole rings is 1. The molecule has 5 atom stereocenters. The van der Waals surface area contributed by atoms with Gasteiger partial charge in [0.15, 0.2) is 0 Å². The largest absolute Gasteiger partial charge is 0.487 e. The molecule has 11 heteroatoms. The first-order valence-electron chi connectivity index (χ1n) is 16.6. The number of ether oxygens (including phenoxy) is 1. The Hall–Kier alpha value is -3.08. The summed E-state index contributed by atoms with van der Waals surface area (Å²) in [6.07, 6.45) is 11.9. The van der Waals surface area contributed by atoms with E-state index in [1.54, 1.807) is 37.6 Å². The van der Waals surface area contributed by atoms with Crippen molar-refractivity contribution in [3.63, 3.8) is 0 Å². The SMILES string of the molecule is C[C@@H]1[C@@H](C)CCC[C@@](O)(Cn2ccnc2)[C@@H]2CC[C@H]2CN2CCCCc3cc(Cl)ccc3COc3ccc(cc32)C(=O)NS1(=O)=O. The number of nitrogens with one attached hydrogen (secondary N) is 1. The highest BCUT2D eigenvalue weighted by Crippen LogP contribution is 2.47. The smallest absolute Gasteiger partial charge is 0.264 e. The lowest BCUT2D eigenvalue weighted by Crippen LogP contribution is -2.53. The van der Waals surface area contributed by atoms with E-state index in [0.29, 0.717) is 49.7 Å². The number of rotatable bonds is 2. The highest BCUT2D eigenvalue weighted by atomic mass is 35.5. The topological polar surface area (TPSA) is 114 Å². The third-order valence-electron chi connectivity index (χ3n) is 10.6. The molecule has 0 radical (unpaired) electrons. The van der Waals surface area contributed by atoms with Gasteiger partial charge in [-0.25, -0.2) is 18.1 Å². The molecule has 248 valence electrons. The van der Waals surface area contributed by atoms with Gasteiger partial charge in [-0.15, -0.1) is 0 Å². The van der Waals surface area contributed by atoms with E-state index in [2.05, 4.69) is 14.6 Å². The monoisotopic (exact) mass is 668 g/mol. The third-order valence-corrected chi connectivity index (χ3v) is 12.8. The van der Waals surface area contributed by atoms with E-state index in [4.69, 9.17) is 16.3 Å². The second kappa shape index (κ2) is 13.6. The maximum atomic E-state index is 13.5. The number of nitrogens with zero attached hydrogens (tertiary/aromatic N) is 3. The fraction of sp³-hybridized carbons (Fsp3) is 0.543. The number of fused-ring (bicyclic) bond motifs is 3. The average molecular weight is 669 g/mol. The highest BCUT2D eigenvalue weighted by molar-refractivity contribution is 7.90. The number of aliphatic hydroxyl groups is 1. The molecule has 0 saturated heterocycles. The number of hydrogen-bond acceptors (Lipinski definition) is 7. The lowest BCUT2D eigenvalue weighted by molar-refractivity contribution is -0.0992. The van der Waals surface area contributed by atoms with E-state index in [0.717, 1.165) is 49.9 Å². The summed E-state index contributed by atoms with van der Waals surface area (Å²) in [5.74, 6) is 0.0977. The lowest BCUT2D eigenvalue weighted by atomic mass is 9.63. The molecular formula is C35H45ClN4O5S. The predicted molar refractivity (Wildman–Crippen MR) is 180 cm³/mol. The molecule has 2 aromatic carbocycles. The number of anilines is 1. The van der Waals surface area contributed by atoms with Crippen molar-refractivity contribution in [1.82, 2.24) is 14.3 Å². The quantitative estimate of drug-likeness (QED) is 0.345. The number of aryl methyl sites for hydroxylation is 1. The van der Waals surface area contributed by atoms with E-state index in [1.807, 2.05) is 35.9 Å². The van der Waals surface area contributed by atoms with Gasteiger partial charge in [-0.2, -0.15) is 0 Å². The lowest BCUT2D eigenvalue weighted by Gasteiger charge is -2.49. The molecule has 1 aliphatic carbocycles. The molecule has 3 aromatic rings. The Morgan fingerprint density at radius 2 is 1.93 bits per heavy atom. The zero-order chi connectivity index (χ0) is 32.5. The van der Waals surface area contributed by atoms with Crippen LogP contribution in [0.4, 0.5) is 5.69 Å². The number of carbonyl (C=O) groups excluding carboxylic acids is 1. The molecule has 1 aromatic heterocycles. The van der Waals surface area contributed by atoms with Gasteiger partial charge in [0, 0.05) is 36.1 Å². The van der Waals surface area contributed by atoms with E-state index in [-0.39, 0.29) is 23.3 Å². The van der Waals surface area contributed by atoms with E-state index in [9.17, 15) is 18.3 Å². The summed E-state index contributed by atoms with van der Waals surface area (Å²) in [7, 11) is -3.94. The molecule has 3 heterocycles. The molecule has 1 fully saturated rings. The van der Waals surface area contributed by atoms with Gasteiger partial charge in [-0.3, -0.25) is 4.79 Å². The fourth-order valence-corrected chi connectivity index (χ4v) is 8.99. The van der Waals surface area contributed by atoms with Crippen molar-refractivity contribution in [1.29, 1.82) is 0 Å². The van der Waals surface area contributed by atoms with Crippen molar-refractivity contribution in [2.45, 2.75) is 89.2 Å². The van der Waals surface area contributed by atoms with Crippen molar-refractivity contribution in [2.75, 3.05) is 18.0 Å². The first-order valence-corrected chi connectivity index (χ1v) is 18.5. The Morgan fingerprint density at radius 1 is 1.09 bits per heavy atom. The van der Waals surface area contributed by atoms with Crippen LogP contribution >= 0.6 is 11.6 Å². The van der Waals surface area contributed by atoms with Gasteiger partial charge in [-0.1, -0.05) is 31.0 Å². The van der Waals surface area contributed by atoms with Gasteiger partial charge in [-0.05, 0) is 111 Å². The molecule has 0 unspecified atom stereocenters. The molecule has 2 bridgehead atoms. The summed E-state index contributed by atoms with van der Waals surface area (Å²) >= 11 is 6.35. The molecule has 3 aliphatic rings. The molecule has 1 saturated carbocycles. The average Bonchev–Trinajstić information content (AvgIpc) is 3.50. The van der Waals surface area contributed by atoms with Crippen LogP contribution in [0.5, 0.6) is 5.75 Å². The van der Waals surface area contributed by atoms with Crippen LogP contribution < -0.4 is 14.4 Å². The molecule has 2 N–H and O–H groups in total. The molecule has 2 aliphatic heterocycles. The van der Waals surface area contributed by atoms with Crippen molar-refractivity contribution in [3.8, 4) is 5.75 Å². The maximum Gasteiger partial charge on any atom is 0.264 e. The summed E-state index contributed by atoms with van der Waals surface area (Å²) in [4.78, 5) is 19.9. The minimum Gasteiger partial charge on any atom is -0.487 e. The number of sulfonamides is 1. The number of hydrogen-bond donors (Lipinski definition) is 2. The normalized spacial score (nSPS) is 28.8. The summed E-state index contributed by atoms with van der Waals surface area (Å²) in [6.45, 7) is 5.77. The van der Waals surface area contributed by atoms with E-state index >= 15 is 0 Å². The van der Waals surface area contributed by atoms with Crippen LogP contribution in [0.3, 0.4) is 0 Å². The van der Waals surface area contributed by atoms with Crippen LogP contribution in [-0.2, 0) is 29.6 Å². The molecule has 6 rings (SSSR count). The minimum atomic E-state index is -3.94. The van der Waals surface area contributed by atoms with E-state index in [1.165, 1.54) is 5.56 Å². The number of carbonyl (C=O) groups is 1. The zero-order valence-corrected chi connectivity index (χ0v) is 28.3. The van der Waals surface area contributed by atoms with Crippen molar-refractivity contribution >= 4 is 33.2 Å². The molecule has 9 nitrogen and oxygen atoms in total. The molecule has 1 amide bonds. The number of amides is 1. The van der Waals surface area contributed by atoms with Crippen LogP contribution in [0.15, 0.2) is 55.1 Å². The van der Waals surface area contributed by atoms with Crippen LogP contribution in [0.2, 0.25) is 5.02 Å². The number of benzene rings is 2. The maximum absolute atomic E-state index is 13.5. The first kappa shape index (κ1) is 32.8. The molecule has 0 spiro atoms. The standard InChI is InChI=1S/C35H45ClN4O5S/c1-24-6-5-14-35(42,22-39-17-15-37-23-39)31-12-9-28(31)20-40-16-4-3-7-26-18-30(36)11-8-29(26)21-45-33-13-10-27(19-32(33)40)34(41)38-46(43,44)25(24)2/h8,10-11,13,15,17-19,23-25,28,31,42H,3-7,9,12,14,16,20-22H2,1-2H3,(H,38,41)/t24-,25+,28-,31+,35+/m0/s1. The summed E-state index contributed by atoms with van der Waals surface area (Å²) in [5, 5.41) is 12.3. The fourth-order valence-electron chi connectivity index (χ4n) is 7.49. The van der Waals surface area contributed by atoms with Gasteiger partial charge in [0.05, 0.1) is 29.4 Å². The highest BCUT2D eigenvalue weighted by Gasteiger charge is 2.47. The minimum absolute atomic E-state index is 0.0692. The summed E-state index contributed by atoms with van der Waals surface area (Å²) < 4.78 is 37.5. The molecule has 46 heavy (non-hydrogen) atoms. The van der Waals surface area contributed by atoms with Gasteiger partial charge in [0.25, 0.3) is 5.91 Å². The summed E-state index contributed by atoms with van der Waals surface area (Å²) in [6, 6.07) is 11.1. The number of aromatic nitrogens is 2. The van der Waals surface area contributed by atoms with Gasteiger partial charge >= 0.3 is 0 Å². The Balaban J connectivity index is 1.39. The third kappa shape index (κ3) is 7.09. The van der Waals surface area contributed by atoms with Crippen LogP contribution in [-0.4, -0.2) is 52.9 Å². The second-order valence-electron chi connectivity index (χ2n) is 13.6. The Kier molecular flexibility index (Phi) is 9.69. The summed E-state index contributed by atoms with van der Waals surface area (Å²) in [5.41, 5.74) is 2.30. The van der Waals surface area contributed by atoms with Crippen molar-refractivity contribution in [3.05, 3.63) is 76.8 Å². The number of halogens is 1. The first-order chi connectivity index (χ1) is 22.0. The van der Waals surface area contributed by atoms with Gasteiger partial charge < -0.3 is 19.3 Å². The van der Waals surface area contributed by atoms with Crippen molar-refractivity contribution in [2.24, 2.45) is 17.8 Å². The molecular weight excluding hydrogens is 624 g/mol. The Bertz CT molecular complexity index is 1650. The zero-order valence-electron chi connectivity index (χ0n) is 26.7. The van der Waals surface area contributed by atoms with Gasteiger partial charge in [0.2, 0.25) is 10.0 Å². The van der Waals surface area contributed by atoms with Gasteiger partial charge in [0.1, 0.15) is 12.4 Å². The van der Waals surface area contributed by atoms with Crippen LogP contribution in [0, 0.1) is 17.8 Å².